The van der Waals surface area contributed by atoms with Gasteiger partial charge in [-0.2, -0.15) is 0 Å². The Labute approximate surface area is 129 Å². The van der Waals surface area contributed by atoms with Crippen LogP contribution >= 0.6 is 22.6 Å². The first-order valence-corrected chi connectivity index (χ1v) is 6.78. The minimum atomic E-state index is -0.434. The molecule has 3 amide bonds. The highest BCUT2D eigenvalue weighted by Crippen LogP contribution is 2.34. The van der Waals surface area contributed by atoms with Gasteiger partial charge in [0.2, 0.25) is 0 Å². The number of ether oxygens (including phenoxy) is 2. The lowest BCUT2D eigenvalue weighted by molar-refractivity contribution is -0.121. The minimum Gasteiger partial charge on any atom is -0.493 e. The first-order valence-electron chi connectivity index (χ1n) is 5.70. The van der Waals surface area contributed by atoms with Crippen molar-refractivity contribution < 1.29 is 19.1 Å². The molecule has 1 fully saturated rings. The summed E-state index contributed by atoms with van der Waals surface area (Å²) in [6.07, 6.45) is 1.61. The maximum Gasteiger partial charge on any atom is 0.328 e. The number of carbonyl (C=O) groups excluding carboxylic acids is 2. The highest BCUT2D eigenvalue weighted by atomic mass is 127. The van der Waals surface area contributed by atoms with Crippen LogP contribution in [-0.2, 0) is 4.79 Å². The van der Waals surface area contributed by atoms with E-state index >= 15 is 0 Å². The van der Waals surface area contributed by atoms with Crippen LogP contribution in [0.4, 0.5) is 4.79 Å². The van der Waals surface area contributed by atoms with E-state index in [0.29, 0.717) is 11.5 Å². The molecule has 6 nitrogen and oxygen atoms in total. The SMILES string of the molecule is COc1cc(/C=C2/NC(=O)N(C)C2=O)cc(I)c1OC. The summed E-state index contributed by atoms with van der Waals surface area (Å²) >= 11 is 2.12. The van der Waals surface area contributed by atoms with E-state index in [1.807, 2.05) is 6.07 Å². The molecule has 0 aliphatic carbocycles. The predicted octanol–water partition coefficient (Wildman–Crippen LogP) is 1.83. The number of nitrogens with zero attached hydrogens (tertiary/aromatic N) is 1. The molecule has 0 unspecified atom stereocenters. The van der Waals surface area contributed by atoms with Crippen molar-refractivity contribution in [2.24, 2.45) is 0 Å². The van der Waals surface area contributed by atoms with E-state index in [1.165, 1.54) is 7.05 Å². The maximum absolute atomic E-state index is 11.8. The summed E-state index contributed by atoms with van der Waals surface area (Å²) in [5, 5.41) is 2.51. The minimum absolute atomic E-state index is 0.237. The quantitative estimate of drug-likeness (QED) is 0.488. The number of urea groups is 1. The largest absolute Gasteiger partial charge is 0.493 e. The third-order valence-corrected chi connectivity index (χ3v) is 3.65. The fraction of sp³-hybridized carbons (Fsp3) is 0.231. The van der Waals surface area contributed by atoms with E-state index < -0.39 is 6.03 Å². The first-order chi connectivity index (χ1) is 9.47. The van der Waals surface area contributed by atoms with E-state index in [4.69, 9.17) is 9.47 Å². The van der Waals surface area contributed by atoms with E-state index in [9.17, 15) is 9.59 Å². The van der Waals surface area contributed by atoms with Crippen LogP contribution in [0.3, 0.4) is 0 Å². The van der Waals surface area contributed by atoms with Gasteiger partial charge in [0.05, 0.1) is 17.8 Å². The topological polar surface area (TPSA) is 67.9 Å². The third-order valence-electron chi connectivity index (χ3n) is 2.85. The van der Waals surface area contributed by atoms with Crippen LogP contribution in [0.25, 0.3) is 6.08 Å². The van der Waals surface area contributed by atoms with Gasteiger partial charge in [-0.05, 0) is 46.4 Å². The van der Waals surface area contributed by atoms with Gasteiger partial charge >= 0.3 is 6.03 Å². The molecule has 0 spiro atoms. The molecule has 20 heavy (non-hydrogen) atoms. The molecule has 0 radical (unpaired) electrons. The molecule has 1 aromatic rings. The summed E-state index contributed by atoms with van der Waals surface area (Å²) in [6, 6.07) is 3.15. The van der Waals surface area contributed by atoms with Crippen molar-refractivity contribution in [2.45, 2.75) is 0 Å². The number of imide groups is 1. The maximum atomic E-state index is 11.8. The summed E-state index contributed by atoms with van der Waals surface area (Å²) in [5.41, 5.74) is 0.978. The molecule has 7 heteroatoms. The number of hydrogen-bond donors (Lipinski definition) is 1. The monoisotopic (exact) mass is 388 g/mol. The summed E-state index contributed by atoms with van der Waals surface area (Å²) in [5.74, 6) is 0.838. The lowest BCUT2D eigenvalue weighted by Crippen LogP contribution is -2.25. The molecule has 0 bridgehead atoms. The fourth-order valence-corrected chi connectivity index (χ4v) is 2.66. The number of likely N-dealkylation sites (N-methyl/N-ethyl adjacent to an activating group) is 1. The summed E-state index contributed by atoms with van der Waals surface area (Å²) in [6.45, 7) is 0. The number of rotatable bonds is 3. The van der Waals surface area contributed by atoms with Crippen molar-refractivity contribution in [1.82, 2.24) is 10.2 Å². The molecule has 106 valence electrons. The molecule has 1 aliphatic heterocycles. The second-order valence-corrected chi connectivity index (χ2v) is 5.25. The molecule has 1 aromatic carbocycles. The zero-order valence-electron chi connectivity index (χ0n) is 11.2. The van der Waals surface area contributed by atoms with Crippen molar-refractivity contribution in [3.63, 3.8) is 0 Å². The van der Waals surface area contributed by atoms with Crippen molar-refractivity contribution in [2.75, 3.05) is 21.3 Å². The van der Waals surface area contributed by atoms with Gasteiger partial charge in [0.1, 0.15) is 5.70 Å². The number of methoxy groups -OCH3 is 2. The van der Waals surface area contributed by atoms with E-state index in [1.54, 1.807) is 26.4 Å². The zero-order chi connectivity index (χ0) is 14.9. The molecule has 0 saturated carbocycles. The fourth-order valence-electron chi connectivity index (χ4n) is 1.81. The Bertz CT molecular complexity index is 613. The Balaban J connectivity index is 2.42. The molecular formula is C13H13IN2O4. The average Bonchev–Trinajstić information content (AvgIpc) is 2.65. The molecule has 1 N–H and O–H groups in total. The number of halogens is 1. The normalized spacial score (nSPS) is 16.6. The van der Waals surface area contributed by atoms with Gasteiger partial charge in [-0.1, -0.05) is 0 Å². The van der Waals surface area contributed by atoms with E-state index in [0.717, 1.165) is 14.0 Å². The molecular weight excluding hydrogens is 375 g/mol. The van der Waals surface area contributed by atoms with Crippen molar-refractivity contribution >= 4 is 40.6 Å². The van der Waals surface area contributed by atoms with Gasteiger partial charge in [-0.3, -0.25) is 9.69 Å². The molecule has 1 aliphatic rings. The Morgan fingerprint density at radius 3 is 2.45 bits per heavy atom. The second-order valence-electron chi connectivity index (χ2n) is 4.09. The lowest BCUT2D eigenvalue weighted by Gasteiger charge is -2.10. The van der Waals surface area contributed by atoms with E-state index in [2.05, 4.69) is 27.9 Å². The van der Waals surface area contributed by atoms with Crippen molar-refractivity contribution in [3.05, 3.63) is 27.0 Å². The van der Waals surface area contributed by atoms with Crippen LogP contribution in [0.15, 0.2) is 17.8 Å². The van der Waals surface area contributed by atoms with Crippen LogP contribution in [0.2, 0.25) is 0 Å². The number of nitrogens with one attached hydrogen (secondary N) is 1. The van der Waals surface area contributed by atoms with Crippen LogP contribution < -0.4 is 14.8 Å². The van der Waals surface area contributed by atoms with Gasteiger partial charge in [-0.25, -0.2) is 4.79 Å². The van der Waals surface area contributed by atoms with Crippen LogP contribution in [0.5, 0.6) is 11.5 Å². The van der Waals surface area contributed by atoms with E-state index in [-0.39, 0.29) is 11.6 Å². The zero-order valence-corrected chi connectivity index (χ0v) is 13.3. The second kappa shape index (κ2) is 5.70. The van der Waals surface area contributed by atoms with Crippen molar-refractivity contribution in [1.29, 1.82) is 0 Å². The smallest absolute Gasteiger partial charge is 0.328 e. The number of carbonyl (C=O) groups is 2. The Hall–Kier alpha value is -1.77. The highest BCUT2D eigenvalue weighted by Gasteiger charge is 2.30. The van der Waals surface area contributed by atoms with Crippen LogP contribution in [0, 0.1) is 3.57 Å². The average molecular weight is 388 g/mol. The third kappa shape index (κ3) is 2.58. The van der Waals surface area contributed by atoms with Crippen molar-refractivity contribution in [3.8, 4) is 11.5 Å². The Morgan fingerprint density at radius 2 is 1.95 bits per heavy atom. The Morgan fingerprint density at radius 1 is 1.25 bits per heavy atom. The molecule has 0 atom stereocenters. The standard InChI is InChI=1S/C13H13IN2O4/c1-16-12(17)9(15-13(16)18)5-7-4-8(14)11(20-3)10(6-7)19-2/h4-6H,1-3H3,(H,15,18)/b9-5+. The van der Waals surface area contributed by atoms with Gasteiger partial charge in [0.15, 0.2) is 11.5 Å². The van der Waals surface area contributed by atoms with Crippen LogP contribution in [-0.4, -0.2) is 38.1 Å². The molecule has 2 rings (SSSR count). The molecule has 1 saturated heterocycles. The molecule has 1 heterocycles. The van der Waals surface area contributed by atoms with Gasteiger partial charge < -0.3 is 14.8 Å². The lowest BCUT2D eigenvalue weighted by atomic mass is 10.1. The Kier molecular flexibility index (Phi) is 4.17. The van der Waals surface area contributed by atoms with Crippen LogP contribution in [0.1, 0.15) is 5.56 Å². The number of amides is 3. The highest BCUT2D eigenvalue weighted by molar-refractivity contribution is 14.1. The van der Waals surface area contributed by atoms with Gasteiger partial charge in [-0.15, -0.1) is 0 Å². The summed E-state index contributed by atoms with van der Waals surface area (Å²) in [7, 11) is 4.53. The summed E-state index contributed by atoms with van der Waals surface area (Å²) in [4.78, 5) is 24.2. The number of hydrogen-bond acceptors (Lipinski definition) is 4. The van der Waals surface area contributed by atoms with Gasteiger partial charge in [0, 0.05) is 7.05 Å². The summed E-state index contributed by atoms with van der Waals surface area (Å²) < 4.78 is 11.3. The first kappa shape index (κ1) is 14.6. The molecule has 0 aromatic heterocycles. The number of benzene rings is 1. The van der Waals surface area contributed by atoms with Gasteiger partial charge in [0.25, 0.3) is 5.91 Å². The predicted molar refractivity (Wildman–Crippen MR) is 81.5 cm³/mol.